The Bertz CT molecular complexity index is 829. The van der Waals surface area contributed by atoms with Gasteiger partial charge in [-0.05, 0) is 35.4 Å². The van der Waals surface area contributed by atoms with Crippen molar-refractivity contribution in [3.05, 3.63) is 84.4 Å². The van der Waals surface area contributed by atoms with Gasteiger partial charge >= 0.3 is 5.97 Å². The molecule has 0 heterocycles. The lowest BCUT2D eigenvalue weighted by Gasteiger charge is -2.23. The number of aromatic carboxylic acids is 1. The predicted octanol–water partition coefficient (Wildman–Crippen LogP) is 4.75. The van der Waals surface area contributed by atoms with E-state index in [1.165, 1.54) is 12.2 Å². The molecule has 3 aromatic rings. The molecule has 0 amide bonds. The summed E-state index contributed by atoms with van der Waals surface area (Å²) in [6.07, 6.45) is 0. The van der Waals surface area contributed by atoms with Crippen LogP contribution in [0.1, 0.15) is 10.4 Å². The number of rotatable bonds is 5. The first kappa shape index (κ1) is 15.8. The van der Waals surface area contributed by atoms with E-state index in [1.807, 2.05) is 54.6 Å². The highest BCUT2D eigenvalue weighted by atomic mass is 16.7. The van der Waals surface area contributed by atoms with Gasteiger partial charge in [0.25, 0.3) is 0 Å². The standard InChI is InChI=1S/C20H17NO3/c1-24-21(19-10-6-5-9-18(19)20(22)23)17-13-11-16(12-14-17)15-7-3-2-4-8-15/h2-14H,1H3,(H,22,23). The van der Waals surface area contributed by atoms with Crippen LogP contribution in [0.3, 0.4) is 0 Å². The van der Waals surface area contributed by atoms with Gasteiger partial charge < -0.3 is 5.11 Å². The number of anilines is 2. The van der Waals surface area contributed by atoms with E-state index in [9.17, 15) is 9.90 Å². The minimum Gasteiger partial charge on any atom is -0.478 e. The van der Waals surface area contributed by atoms with Crippen LogP contribution < -0.4 is 5.06 Å². The van der Waals surface area contributed by atoms with Crippen molar-refractivity contribution in [2.45, 2.75) is 0 Å². The van der Waals surface area contributed by atoms with Gasteiger partial charge in [0.05, 0.1) is 24.0 Å². The van der Waals surface area contributed by atoms with Crippen molar-refractivity contribution in [2.75, 3.05) is 12.2 Å². The fourth-order valence-corrected chi connectivity index (χ4v) is 2.59. The van der Waals surface area contributed by atoms with Crippen molar-refractivity contribution < 1.29 is 14.7 Å². The third-order valence-electron chi connectivity index (χ3n) is 3.74. The molecule has 4 nitrogen and oxygen atoms in total. The Kier molecular flexibility index (Phi) is 4.59. The van der Waals surface area contributed by atoms with Crippen molar-refractivity contribution in [3.8, 4) is 11.1 Å². The van der Waals surface area contributed by atoms with Gasteiger partial charge in [0.15, 0.2) is 0 Å². The fraction of sp³-hybridized carbons (Fsp3) is 0.0500. The number of carbonyl (C=O) groups is 1. The second kappa shape index (κ2) is 6.98. The Morgan fingerprint density at radius 1 is 0.833 bits per heavy atom. The van der Waals surface area contributed by atoms with E-state index in [4.69, 9.17) is 4.84 Å². The lowest BCUT2D eigenvalue weighted by atomic mass is 10.1. The summed E-state index contributed by atoms with van der Waals surface area (Å²) in [7, 11) is 1.52. The maximum atomic E-state index is 11.4. The largest absolute Gasteiger partial charge is 0.478 e. The zero-order chi connectivity index (χ0) is 16.9. The summed E-state index contributed by atoms with van der Waals surface area (Å²) in [6.45, 7) is 0. The van der Waals surface area contributed by atoms with Gasteiger partial charge in [0.1, 0.15) is 0 Å². The topological polar surface area (TPSA) is 49.8 Å². The molecule has 24 heavy (non-hydrogen) atoms. The Hall–Kier alpha value is -3.11. The Morgan fingerprint density at radius 2 is 1.42 bits per heavy atom. The first-order valence-electron chi connectivity index (χ1n) is 7.53. The van der Waals surface area contributed by atoms with Crippen molar-refractivity contribution in [1.29, 1.82) is 0 Å². The first-order valence-corrected chi connectivity index (χ1v) is 7.53. The molecule has 4 heteroatoms. The van der Waals surface area contributed by atoms with Crippen LogP contribution in [-0.4, -0.2) is 18.2 Å². The van der Waals surface area contributed by atoms with Crippen LogP contribution in [0, 0.1) is 0 Å². The summed E-state index contributed by atoms with van der Waals surface area (Å²) >= 11 is 0. The molecule has 0 aliphatic carbocycles. The molecule has 120 valence electrons. The molecule has 3 aromatic carbocycles. The van der Waals surface area contributed by atoms with Gasteiger partial charge in [0.2, 0.25) is 0 Å². The number of para-hydroxylation sites is 1. The molecule has 3 rings (SSSR count). The second-order valence-electron chi connectivity index (χ2n) is 5.21. The van der Waals surface area contributed by atoms with E-state index in [0.29, 0.717) is 5.69 Å². The lowest BCUT2D eigenvalue weighted by molar-refractivity contribution is 0.0695. The quantitative estimate of drug-likeness (QED) is 0.689. The number of hydrogen-bond acceptors (Lipinski definition) is 3. The molecular formula is C20H17NO3. The monoisotopic (exact) mass is 319 g/mol. The minimum atomic E-state index is -0.992. The molecule has 0 aliphatic heterocycles. The number of benzene rings is 3. The average Bonchev–Trinajstić information content (AvgIpc) is 2.64. The normalized spacial score (nSPS) is 10.4. The van der Waals surface area contributed by atoms with Crippen LogP contribution in [-0.2, 0) is 4.84 Å². The highest BCUT2D eigenvalue weighted by molar-refractivity contribution is 5.95. The van der Waals surface area contributed by atoms with Crippen LogP contribution in [0.5, 0.6) is 0 Å². The van der Waals surface area contributed by atoms with E-state index in [2.05, 4.69) is 0 Å². The Labute approximate surface area is 140 Å². The van der Waals surface area contributed by atoms with Crippen LogP contribution in [0.15, 0.2) is 78.9 Å². The Balaban J connectivity index is 1.97. The van der Waals surface area contributed by atoms with Crippen LogP contribution in [0.25, 0.3) is 11.1 Å². The maximum Gasteiger partial charge on any atom is 0.337 e. The van der Waals surface area contributed by atoms with Gasteiger partial charge in [-0.1, -0.05) is 54.6 Å². The lowest BCUT2D eigenvalue weighted by Crippen LogP contribution is -2.18. The van der Waals surface area contributed by atoms with Gasteiger partial charge in [-0.2, -0.15) is 0 Å². The van der Waals surface area contributed by atoms with E-state index in [-0.39, 0.29) is 5.56 Å². The highest BCUT2D eigenvalue weighted by Crippen LogP contribution is 2.30. The fourth-order valence-electron chi connectivity index (χ4n) is 2.59. The summed E-state index contributed by atoms with van der Waals surface area (Å²) in [5, 5.41) is 10.9. The molecular weight excluding hydrogens is 302 g/mol. The molecule has 0 atom stereocenters. The molecule has 0 saturated carbocycles. The third kappa shape index (κ3) is 3.14. The maximum absolute atomic E-state index is 11.4. The summed E-state index contributed by atoms with van der Waals surface area (Å²) < 4.78 is 0. The summed E-state index contributed by atoms with van der Waals surface area (Å²) in [6, 6.07) is 24.6. The van der Waals surface area contributed by atoms with E-state index >= 15 is 0 Å². The SMILES string of the molecule is CON(c1ccc(-c2ccccc2)cc1)c1ccccc1C(=O)O. The average molecular weight is 319 g/mol. The van der Waals surface area contributed by atoms with E-state index in [0.717, 1.165) is 16.8 Å². The molecule has 0 saturated heterocycles. The summed E-state index contributed by atoms with van der Waals surface area (Å²) in [4.78, 5) is 16.9. The molecule has 0 fully saturated rings. The van der Waals surface area contributed by atoms with Crippen LogP contribution in [0.2, 0.25) is 0 Å². The van der Waals surface area contributed by atoms with Gasteiger partial charge in [-0.15, -0.1) is 0 Å². The van der Waals surface area contributed by atoms with Crippen molar-refractivity contribution >= 4 is 17.3 Å². The number of nitrogens with zero attached hydrogens (tertiary/aromatic N) is 1. The van der Waals surface area contributed by atoms with Crippen molar-refractivity contribution in [2.24, 2.45) is 0 Å². The van der Waals surface area contributed by atoms with Crippen LogP contribution >= 0.6 is 0 Å². The number of carboxylic acids is 1. The smallest absolute Gasteiger partial charge is 0.337 e. The Morgan fingerprint density at radius 3 is 2.04 bits per heavy atom. The summed E-state index contributed by atoms with van der Waals surface area (Å²) in [5.41, 5.74) is 3.64. The molecule has 0 aliphatic rings. The van der Waals surface area contributed by atoms with Gasteiger partial charge in [-0.3, -0.25) is 4.84 Å². The highest BCUT2D eigenvalue weighted by Gasteiger charge is 2.17. The minimum absolute atomic E-state index is 0.187. The zero-order valence-electron chi connectivity index (χ0n) is 13.2. The molecule has 0 radical (unpaired) electrons. The first-order chi connectivity index (χ1) is 11.7. The van der Waals surface area contributed by atoms with Crippen molar-refractivity contribution in [1.82, 2.24) is 0 Å². The second-order valence-corrected chi connectivity index (χ2v) is 5.21. The number of hydrogen-bond donors (Lipinski definition) is 1. The molecule has 0 unspecified atom stereocenters. The molecule has 1 N–H and O–H groups in total. The molecule has 0 bridgehead atoms. The van der Waals surface area contributed by atoms with Crippen molar-refractivity contribution in [3.63, 3.8) is 0 Å². The van der Waals surface area contributed by atoms with Gasteiger partial charge in [0, 0.05) is 0 Å². The summed E-state index contributed by atoms with van der Waals surface area (Å²) in [5.74, 6) is -0.992. The van der Waals surface area contributed by atoms with Crippen LogP contribution in [0.4, 0.5) is 11.4 Å². The predicted molar refractivity (Wildman–Crippen MR) is 94.4 cm³/mol. The molecule has 0 aromatic heterocycles. The number of carboxylic acid groups (broad SMARTS) is 1. The third-order valence-corrected chi connectivity index (χ3v) is 3.74. The van der Waals surface area contributed by atoms with Gasteiger partial charge in [-0.25, -0.2) is 9.86 Å². The van der Waals surface area contributed by atoms with E-state index < -0.39 is 5.97 Å². The zero-order valence-corrected chi connectivity index (χ0v) is 13.2. The van der Waals surface area contributed by atoms with E-state index in [1.54, 1.807) is 24.3 Å². The molecule has 0 spiro atoms.